The van der Waals surface area contributed by atoms with Crippen LogP contribution in [0.5, 0.6) is 0 Å². The highest BCUT2D eigenvalue weighted by molar-refractivity contribution is 7.14. The molecule has 0 bridgehead atoms. The van der Waals surface area contributed by atoms with Crippen LogP contribution in [-0.4, -0.2) is 6.09 Å². The summed E-state index contributed by atoms with van der Waals surface area (Å²) in [4.78, 5) is 12.9. The SMILES string of the molecule is CC(OC(=O)Nc1cc(F)sc1-c1ccc(-c2ccc(C3CC3)cc2)cc1)c1cc(F)c(F)cc1F. The molecule has 1 amide bonds. The second-order valence-electron chi connectivity index (χ2n) is 8.73. The van der Waals surface area contributed by atoms with Gasteiger partial charge in [-0.2, -0.15) is 4.39 Å². The molecular formula is C28H21F4NO2S. The van der Waals surface area contributed by atoms with Crippen LogP contribution in [0, 0.1) is 22.6 Å². The fourth-order valence-electron chi connectivity index (χ4n) is 4.06. The van der Waals surface area contributed by atoms with Gasteiger partial charge in [-0.25, -0.2) is 18.0 Å². The van der Waals surface area contributed by atoms with E-state index in [0.717, 1.165) is 28.5 Å². The van der Waals surface area contributed by atoms with Gasteiger partial charge < -0.3 is 4.74 Å². The Bertz CT molecular complexity index is 1410. The summed E-state index contributed by atoms with van der Waals surface area (Å²) in [5.41, 5.74) is 3.99. The first kappa shape index (κ1) is 24.1. The van der Waals surface area contributed by atoms with Gasteiger partial charge in [0.1, 0.15) is 11.9 Å². The number of carbonyl (C=O) groups excluding carboxylic acids is 1. The van der Waals surface area contributed by atoms with E-state index in [1.807, 2.05) is 24.3 Å². The molecule has 1 N–H and O–H groups in total. The molecule has 0 aliphatic heterocycles. The lowest BCUT2D eigenvalue weighted by Crippen LogP contribution is -2.17. The van der Waals surface area contributed by atoms with Crippen molar-refractivity contribution in [2.75, 3.05) is 5.32 Å². The number of benzene rings is 3. The third-order valence-corrected chi connectivity index (χ3v) is 7.11. The molecule has 0 saturated heterocycles. The normalized spacial score (nSPS) is 13.9. The molecule has 1 aliphatic rings. The topological polar surface area (TPSA) is 38.3 Å². The number of hydrogen-bond donors (Lipinski definition) is 1. The van der Waals surface area contributed by atoms with Gasteiger partial charge in [-0.3, -0.25) is 5.32 Å². The molecule has 1 aliphatic carbocycles. The third kappa shape index (κ3) is 5.14. The zero-order valence-electron chi connectivity index (χ0n) is 19.2. The fraction of sp³-hybridized carbons (Fsp3) is 0.179. The predicted octanol–water partition coefficient (Wildman–Crippen LogP) is 8.83. The second kappa shape index (κ2) is 9.78. The Morgan fingerprint density at radius 1 is 0.861 bits per heavy atom. The molecule has 5 rings (SSSR count). The van der Waals surface area contributed by atoms with E-state index in [2.05, 4.69) is 29.6 Å². The Morgan fingerprint density at radius 2 is 1.44 bits per heavy atom. The van der Waals surface area contributed by atoms with Crippen molar-refractivity contribution in [2.24, 2.45) is 0 Å². The number of thiophene rings is 1. The minimum absolute atomic E-state index is 0.182. The van der Waals surface area contributed by atoms with Crippen LogP contribution in [0.3, 0.4) is 0 Å². The Kier molecular flexibility index (Phi) is 6.53. The van der Waals surface area contributed by atoms with E-state index in [1.165, 1.54) is 25.3 Å². The Labute approximate surface area is 209 Å². The summed E-state index contributed by atoms with van der Waals surface area (Å²) in [5.74, 6) is -2.95. The van der Waals surface area contributed by atoms with E-state index in [-0.39, 0.29) is 11.3 Å². The lowest BCUT2D eigenvalue weighted by atomic mass is 10.0. The smallest absolute Gasteiger partial charge is 0.412 e. The van der Waals surface area contributed by atoms with Crippen LogP contribution in [-0.2, 0) is 4.74 Å². The summed E-state index contributed by atoms with van der Waals surface area (Å²) in [6.45, 7) is 1.32. The maximum atomic E-state index is 14.1. The zero-order chi connectivity index (χ0) is 25.4. The van der Waals surface area contributed by atoms with Crippen molar-refractivity contribution in [1.82, 2.24) is 0 Å². The lowest BCUT2D eigenvalue weighted by molar-refractivity contribution is 0.119. The molecule has 36 heavy (non-hydrogen) atoms. The van der Waals surface area contributed by atoms with E-state index in [0.29, 0.717) is 28.5 Å². The lowest BCUT2D eigenvalue weighted by Gasteiger charge is -2.15. The summed E-state index contributed by atoms with van der Waals surface area (Å²) in [6.07, 6.45) is 0.293. The summed E-state index contributed by atoms with van der Waals surface area (Å²) < 4.78 is 59.9. The van der Waals surface area contributed by atoms with E-state index in [1.54, 1.807) is 0 Å². The maximum Gasteiger partial charge on any atom is 0.412 e. The highest BCUT2D eigenvalue weighted by Gasteiger charge is 2.23. The van der Waals surface area contributed by atoms with Crippen LogP contribution in [0.15, 0.2) is 66.7 Å². The summed E-state index contributed by atoms with van der Waals surface area (Å²) >= 11 is 0.856. The van der Waals surface area contributed by atoms with Gasteiger partial charge in [0.2, 0.25) is 0 Å². The predicted molar refractivity (Wildman–Crippen MR) is 132 cm³/mol. The number of rotatable bonds is 6. The van der Waals surface area contributed by atoms with Crippen molar-refractivity contribution in [1.29, 1.82) is 0 Å². The molecule has 1 saturated carbocycles. The average Bonchev–Trinajstić information content (AvgIpc) is 3.64. The minimum atomic E-state index is -1.34. The van der Waals surface area contributed by atoms with Crippen molar-refractivity contribution in [3.63, 3.8) is 0 Å². The Hall–Kier alpha value is -3.65. The number of nitrogens with one attached hydrogen (secondary N) is 1. The largest absolute Gasteiger partial charge is 0.441 e. The number of hydrogen-bond acceptors (Lipinski definition) is 3. The fourth-order valence-corrected chi connectivity index (χ4v) is 4.91. The van der Waals surface area contributed by atoms with Gasteiger partial charge in [0, 0.05) is 17.7 Å². The summed E-state index contributed by atoms with van der Waals surface area (Å²) in [7, 11) is 0. The standard InChI is InChI=1S/C28H21F4NO2S/c1-15(21-12-23(30)24(31)13-22(21)29)35-28(34)33-25-14-26(32)36-27(25)20-10-8-19(9-11-20)18-6-4-17(5-7-18)16-2-3-16/h4-16H,2-3H2,1H3,(H,33,34). The number of amides is 1. The van der Waals surface area contributed by atoms with Gasteiger partial charge in [-0.1, -0.05) is 48.5 Å². The number of halogens is 4. The molecular weight excluding hydrogens is 490 g/mol. The maximum absolute atomic E-state index is 14.1. The summed E-state index contributed by atoms with van der Waals surface area (Å²) in [5, 5.41) is 1.95. The van der Waals surface area contributed by atoms with Crippen LogP contribution in [0.25, 0.3) is 21.6 Å². The molecule has 8 heteroatoms. The van der Waals surface area contributed by atoms with E-state index in [9.17, 15) is 22.4 Å². The van der Waals surface area contributed by atoms with Crippen molar-refractivity contribution >= 4 is 23.1 Å². The molecule has 4 aromatic rings. The number of anilines is 1. The van der Waals surface area contributed by atoms with Gasteiger partial charge in [0.05, 0.1) is 10.6 Å². The molecule has 0 spiro atoms. The highest BCUT2D eigenvalue weighted by atomic mass is 32.1. The van der Waals surface area contributed by atoms with Gasteiger partial charge in [0.25, 0.3) is 0 Å². The van der Waals surface area contributed by atoms with Crippen molar-refractivity contribution in [3.8, 4) is 21.6 Å². The van der Waals surface area contributed by atoms with Crippen molar-refractivity contribution in [3.05, 3.63) is 100 Å². The van der Waals surface area contributed by atoms with Crippen LogP contribution in [0.1, 0.15) is 42.9 Å². The second-order valence-corrected chi connectivity index (χ2v) is 9.73. The molecule has 3 nitrogen and oxygen atoms in total. The molecule has 1 aromatic heterocycles. The molecule has 1 heterocycles. The van der Waals surface area contributed by atoms with Crippen LogP contribution in [0.2, 0.25) is 0 Å². The van der Waals surface area contributed by atoms with Crippen molar-refractivity contribution < 1.29 is 27.1 Å². The molecule has 3 aromatic carbocycles. The molecule has 1 fully saturated rings. The quantitative estimate of drug-likeness (QED) is 0.207. The first-order valence-corrected chi connectivity index (χ1v) is 12.2. The van der Waals surface area contributed by atoms with E-state index in [4.69, 9.17) is 4.74 Å². The molecule has 184 valence electrons. The van der Waals surface area contributed by atoms with Crippen LogP contribution in [0.4, 0.5) is 28.0 Å². The molecule has 1 unspecified atom stereocenters. The van der Waals surface area contributed by atoms with Crippen LogP contribution >= 0.6 is 11.3 Å². The highest BCUT2D eigenvalue weighted by Crippen LogP contribution is 2.41. The molecule has 0 radical (unpaired) electrons. The van der Waals surface area contributed by atoms with Gasteiger partial charge >= 0.3 is 6.09 Å². The monoisotopic (exact) mass is 511 g/mol. The van der Waals surface area contributed by atoms with Gasteiger partial charge in [0.15, 0.2) is 16.8 Å². The van der Waals surface area contributed by atoms with Crippen molar-refractivity contribution in [2.45, 2.75) is 31.8 Å². The zero-order valence-corrected chi connectivity index (χ0v) is 20.0. The third-order valence-electron chi connectivity index (χ3n) is 6.14. The first-order chi connectivity index (χ1) is 17.3. The van der Waals surface area contributed by atoms with Gasteiger partial charge in [-0.05, 0) is 54.0 Å². The number of ether oxygens (including phenoxy) is 1. The van der Waals surface area contributed by atoms with Gasteiger partial charge in [-0.15, -0.1) is 11.3 Å². The summed E-state index contributed by atoms with van der Waals surface area (Å²) in [6, 6.07) is 18.2. The number of carbonyl (C=O) groups is 1. The van der Waals surface area contributed by atoms with E-state index >= 15 is 0 Å². The first-order valence-electron chi connectivity index (χ1n) is 11.4. The van der Waals surface area contributed by atoms with Crippen LogP contribution < -0.4 is 5.32 Å². The Balaban J connectivity index is 1.30. The minimum Gasteiger partial charge on any atom is -0.441 e. The van der Waals surface area contributed by atoms with E-state index < -0.39 is 34.8 Å². The average molecular weight is 512 g/mol. The Morgan fingerprint density at radius 3 is 2.08 bits per heavy atom. The molecule has 1 atom stereocenters.